The molecule has 0 saturated carbocycles. The molecular weight excluding hydrogens is 236 g/mol. The summed E-state index contributed by atoms with van der Waals surface area (Å²) in [6, 6.07) is 3.38. The number of nitro groups is 1. The van der Waals surface area contributed by atoms with E-state index in [1.165, 1.54) is 6.07 Å². The summed E-state index contributed by atoms with van der Waals surface area (Å²) in [6.45, 7) is 0.659. The van der Waals surface area contributed by atoms with Gasteiger partial charge in [-0.1, -0.05) is 15.9 Å². The number of fused-ring (bicyclic) bond motifs is 1. The van der Waals surface area contributed by atoms with Crippen molar-refractivity contribution in [3.63, 3.8) is 0 Å². The third kappa shape index (κ3) is 1.39. The van der Waals surface area contributed by atoms with Crippen LogP contribution in [0.15, 0.2) is 16.6 Å². The third-order valence-electron chi connectivity index (χ3n) is 1.98. The minimum absolute atomic E-state index is 0.0990. The molecule has 0 N–H and O–H groups in total. The predicted octanol–water partition coefficient (Wildman–Crippen LogP) is 2.15. The van der Waals surface area contributed by atoms with E-state index in [1.54, 1.807) is 0 Å². The van der Waals surface area contributed by atoms with Gasteiger partial charge < -0.3 is 0 Å². The zero-order valence-corrected chi connectivity index (χ0v) is 8.24. The first-order valence-corrected chi connectivity index (χ1v) is 4.62. The molecule has 1 heterocycles. The summed E-state index contributed by atoms with van der Waals surface area (Å²) >= 11 is 3.24. The Morgan fingerprint density at radius 1 is 1.54 bits per heavy atom. The summed E-state index contributed by atoms with van der Waals surface area (Å²) in [7, 11) is 0. The highest BCUT2D eigenvalue weighted by molar-refractivity contribution is 9.10. The van der Waals surface area contributed by atoms with Gasteiger partial charge in [0.05, 0.1) is 4.92 Å². The summed E-state index contributed by atoms with van der Waals surface area (Å²) in [5.74, 6) is 0. The summed E-state index contributed by atoms with van der Waals surface area (Å²) in [5.41, 5.74) is 1.61. The Labute approximate surface area is 83.2 Å². The summed E-state index contributed by atoms with van der Waals surface area (Å²) in [4.78, 5) is 10.2. The minimum atomic E-state index is -0.390. The Bertz CT molecular complexity index is 379. The van der Waals surface area contributed by atoms with Crippen molar-refractivity contribution < 1.29 is 4.92 Å². The Kier molecular flexibility index (Phi) is 1.95. The van der Waals surface area contributed by atoms with Gasteiger partial charge in [0.1, 0.15) is 5.69 Å². The monoisotopic (exact) mass is 241 g/mol. The first kappa shape index (κ1) is 8.50. The molecule has 1 radical (unpaired) electrons. The lowest BCUT2D eigenvalue weighted by molar-refractivity contribution is -0.384. The van der Waals surface area contributed by atoms with E-state index >= 15 is 0 Å². The van der Waals surface area contributed by atoms with Crippen molar-refractivity contribution in [2.75, 3.05) is 6.54 Å². The lowest BCUT2D eigenvalue weighted by Crippen LogP contribution is -1.95. The van der Waals surface area contributed by atoms with Gasteiger partial charge in [-0.05, 0) is 18.1 Å². The van der Waals surface area contributed by atoms with Gasteiger partial charge in [-0.2, -0.15) is 0 Å². The van der Waals surface area contributed by atoms with E-state index in [-0.39, 0.29) is 5.69 Å². The standard InChI is InChI=1S/C8H6BrN2O2/c9-6-3-5-1-2-10-8(5)7(4-6)11(12)13/h3-4H,1-2H2. The van der Waals surface area contributed by atoms with Gasteiger partial charge in [0, 0.05) is 17.1 Å². The van der Waals surface area contributed by atoms with Crippen LogP contribution in [0.3, 0.4) is 0 Å². The smallest absolute Gasteiger partial charge is 0.278 e. The van der Waals surface area contributed by atoms with E-state index in [0.717, 1.165) is 16.5 Å². The van der Waals surface area contributed by atoms with Crippen molar-refractivity contribution in [2.45, 2.75) is 6.42 Å². The molecule has 1 aliphatic rings. The van der Waals surface area contributed by atoms with Crippen LogP contribution in [-0.4, -0.2) is 11.5 Å². The van der Waals surface area contributed by atoms with Gasteiger partial charge in [-0.3, -0.25) is 15.4 Å². The van der Waals surface area contributed by atoms with E-state index in [9.17, 15) is 10.1 Å². The van der Waals surface area contributed by atoms with Crippen molar-refractivity contribution >= 4 is 27.3 Å². The fourth-order valence-corrected chi connectivity index (χ4v) is 1.93. The molecule has 0 unspecified atom stereocenters. The Hall–Kier alpha value is -1.10. The maximum absolute atomic E-state index is 10.6. The first-order chi connectivity index (χ1) is 6.18. The van der Waals surface area contributed by atoms with Crippen molar-refractivity contribution in [1.29, 1.82) is 0 Å². The molecule has 0 amide bonds. The Morgan fingerprint density at radius 3 is 3.00 bits per heavy atom. The highest BCUT2D eigenvalue weighted by Gasteiger charge is 2.23. The van der Waals surface area contributed by atoms with Gasteiger partial charge in [0.15, 0.2) is 0 Å². The van der Waals surface area contributed by atoms with Crippen LogP contribution < -0.4 is 5.32 Å². The van der Waals surface area contributed by atoms with E-state index in [1.807, 2.05) is 6.07 Å². The van der Waals surface area contributed by atoms with Gasteiger partial charge in [0.25, 0.3) is 5.69 Å². The second kappa shape index (κ2) is 2.99. The van der Waals surface area contributed by atoms with Crippen LogP contribution in [0.25, 0.3) is 0 Å². The molecular formula is C8H6BrN2O2. The molecule has 13 heavy (non-hydrogen) atoms. The molecule has 1 aromatic carbocycles. The minimum Gasteiger partial charge on any atom is -0.278 e. The lowest BCUT2D eigenvalue weighted by Gasteiger charge is -2.00. The van der Waals surface area contributed by atoms with E-state index < -0.39 is 4.92 Å². The number of nitro benzene ring substituents is 1. The number of hydrogen-bond donors (Lipinski definition) is 0. The zero-order valence-electron chi connectivity index (χ0n) is 6.66. The molecule has 0 aliphatic carbocycles. The van der Waals surface area contributed by atoms with Crippen molar-refractivity contribution in [3.05, 3.63) is 32.3 Å². The molecule has 0 saturated heterocycles. The number of rotatable bonds is 1. The van der Waals surface area contributed by atoms with Gasteiger partial charge >= 0.3 is 0 Å². The second-order valence-electron chi connectivity index (χ2n) is 2.82. The maximum atomic E-state index is 10.6. The average Bonchev–Trinajstić information content (AvgIpc) is 2.49. The van der Waals surface area contributed by atoms with Crippen LogP contribution in [0, 0.1) is 10.1 Å². The molecule has 0 atom stereocenters. The van der Waals surface area contributed by atoms with E-state index in [2.05, 4.69) is 21.2 Å². The normalized spacial score (nSPS) is 13.6. The molecule has 0 bridgehead atoms. The summed E-state index contributed by atoms with van der Waals surface area (Å²) < 4.78 is 0.745. The van der Waals surface area contributed by atoms with Crippen molar-refractivity contribution in [2.24, 2.45) is 0 Å². The predicted molar refractivity (Wildman–Crippen MR) is 51.2 cm³/mol. The van der Waals surface area contributed by atoms with Crippen LogP contribution in [0.1, 0.15) is 5.56 Å². The summed E-state index contributed by atoms with van der Waals surface area (Å²) in [6.07, 6.45) is 0.801. The number of nitrogens with zero attached hydrogens (tertiary/aromatic N) is 2. The van der Waals surface area contributed by atoms with Crippen LogP contribution in [-0.2, 0) is 6.42 Å². The largest absolute Gasteiger partial charge is 0.295 e. The third-order valence-corrected chi connectivity index (χ3v) is 2.44. The van der Waals surface area contributed by atoms with Gasteiger partial charge in [-0.25, -0.2) is 0 Å². The molecule has 0 spiro atoms. The molecule has 67 valence electrons. The Morgan fingerprint density at radius 2 is 2.31 bits per heavy atom. The topological polar surface area (TPSA) is 57.2 Å². The molecule has 4 nitrogen and oxygen atoms in total. The average molecular weight is 242 g/mol. The first-order valence-electron chi connectivity index (χ1n) is 3.83. The van der Waals surface area contributed by atoms with Crippen LogP contribution >= 0.6 is 15.9 Å². The number of halogens is 1. The molecule has 0 fully saturated rings. The molecule has 2 rings (SSSR count). The molecule has 1 aliphatic heterocycles. The fraction of sp³-hybridized carbons (Fsp3) is 0.250. The van der Waals surface area contributed by atoms with E-state index in [0.29, 0.717) is 12.2 Å². The van der Waals surface area contributed by atoms with Crippen LogP contribution in [0.2, 0.25) is 0 Å². The number of benzene rings is 1. The van der Waals surface area contributed by atoms with E-state index in [4.69, 9.17) is 0 Å². The van der Waals surface area contributed by atoms with Gasteiger partial charge in [-0.15, -0.1) is 0 Å². The number of hydrogen-bond acceptors (Lipinski definition) is 2. The van der Waals surface area contributed by atoms with Crippen molar-refractivity contribution in [1.82, 2.24) is 5.32 Å². The fourth-order valence-electron chi connectivity index (χ4n) is 1.44. The highest BCUT2D eigenvalue weighted by Crippen LogP contribution is 2.35. The maximum Gasteiger partial charge on any atom is 0.295 e. The molecule has 1 aromatic rings. The molecule has 5 heteroatoms. The lowest BCUT2D eigenvalue weighted by atomic mass is 10.1. The van der Waals surface area contributed by atoms with Crippen molar-refractivity contribution in [3.8, 4) is 0 Å². The Balaban J connectivity index is 2.62. The SMILES string of the molecule is O=[N+]([O-])c1cc(Br)cc2c1[N]CC2. The van der Waals surface area contributed by atoms with Crippen LogP contribution in [0.5, 0.6) is 0 Å². The van der Waals surface area contributed by atoms with Crippen LogP contribution in [0.4, 0.5) is 11.4 Å². The quantitative estimate of drug-likeness (QED) is 0.559. The zero-order chi connectivity index (χ0) is 9.42. The molecule has 0 aromatic heterocycles. The highest BCUT2D eigenvalue weighted by atomic mass is 79.9. The van der Waals surface area contributed by atoms with Gasteiger partial charge in [0.2, 0.25) is 0 Å². The second-order valence-corrected chi connectivity index (χ2v) is 3.74. The summed E-state index contributed by atoms with van der Waals surface area (Å²) in [5, 5.41) is 14.7.